The van der Waals surface area contributed by atoms with Gasteiger partial charge in [-0.15, -0.1) is 0 Å². The summed E-state index contributed by atoms with van der Waals surface area (Å²) >= 11 is 6.09. The molecule has 17 heavy (non-hydrogen) atoms. The molecule has 0 aromatic heterocycles. The van der Waals surface area contributed by atoms with E-state index in [0.29, 0.717) is 5.92 Å². The molecule has 0 N–H and O–H groups in total. The van der Waals surface area contributed by atoms with Gasteiger partial charge in [-0.05, 0) is 41.0 Å². The first kappa shape index (κ1) is 14.5. The Morgan fingerprint density at radius 3 is 2.71 bits per heavy atom. The summed E-state index contributed by atoms with van der Waals surface area (Å²) in [5.41, 5.74) is 3.32. The van der Waals surface area contributed by atoms with E-state index >= 15 is 0 Å². The van der Waals surface area contributed by atoms with Gasteiger partial charge in [0.2, 0.25) is 0 Å². The zero-order valence-corrected chi connectivity index (χ0v) is 12.2. The third-order valence-corrected chi connectivity index (χ3v) is 4.18. The maximum Gasteiger partial charge on any atom is 0.0994 e. The van der Waals surface area contributed by atoms with Crippen molar-refractivity contribution < 1.29 is 0 Å². The number of benzene rings is 1. The van der Waals surface area contributed by atoms with E-state index in [-0.39, 0.29) is 0 Å². The van der Waals surface area contributed by atoms with Crippen LogP contribution in [-0.4, -0.2) is 17.3 Å². The smallest absolute Gasteiger partial charge is 0.0994 e. The number of hydrogen-bond donors (Lipinski definition) is 1. The van der Waals surface area contributed by atoms with Crippen LogP contribution in [0.15, 0.2) is 18.2 Å². The molecular weight excluding hydrogens is 246 g/mol. The third kappa shape index (κ3) is 4.65. The second kappa shape index (κ2) is 7.68. The molecule has 0 fully saturated rings. The van der Waals surface area contributed by atoms with Gasteiger partial charge in [-0.1, -0.05) is 26.0 Å². The van der Waals surface area contributed by atoms with E-state index in [1.165, 1.54) is 11.1 Å². The molecule has 1 aromatic rings. The Hall–Kier alpha value is -0.590. The first-order valence-electron chi connectivity index (χ1n) is 5.90. The molecule has 0 saturated carbocycles. The van der Waals surface area contributed by atoms with Crippen LogP contribution in [-0.2, 0) is 6.42 Å². The summed E-state index contributed by atoms with van der Waals surface area (Å²) in [5.74, 6) is 3.58. The average Bonchev–Trinajstić information content (AvgIpc) is 2.34. The van der Waals surface area contributed by atoms with E-state index in [4.69, 9.17) is 5.26 Å². The predicted molar refractivity (Wildman–Crippen MR) is 80.1 cm³/mol. The van der Waals surface area contributed by atoms with Crippen molar-refractivity contribution in [1.29, 1.82) is 5.26 Å². The van der Waals surface area contributed by atoms with Crippen LogP contribution < -0.4 is 0 Å². The van der Waals surface area contributed by atoms with Gasteiger partial charge in [-0.3, -0.25) is 0 Å². The largest absolute Gasteiger partial charge is 0.192 e. The van der Waals surface area contributed by atoms with Gasteiger partial charge < -0.3 is 0 Å². The molecule has 0 aliphatic heterocycles. The molecule has 3 heteroatoms. The highest BCUT2D eigenvalue weighted by atomic mass is 32.2. The first-order chi connectivity index (χ1) is 8.19. The molecule has 0 saturated heterocycles. The van der Waals surface area contributed by atoms with E-state index in [2.05, 4.69) is 44.7 Å². The fourth-order valence-electron chi connectivity index (χ4n) is 1.64. The lowest BCUT2D eigenvalue weighted by atomic mass is 9.96. The minimum absolute atomic E-state index is 0.520. The molecule has 0 aliphatic carbocycles. The van der Waals surface area contributed by atoms with Crippen molar-refractivity contribution in [3.05, 3.63) is 34.9 Å². The fraction of sp³-hybridized carbons (Fsp3) is 0.500. The van der Waals surface area contributed by atoms with Crippen LogP contribution in [0.1, 0.15) is 36.5 Å². The van der Waals surface area contributed by atoms with Gasteiger partial charge in [0, 0.05) is 5.75 Å². The molecule has 0 aliphatic rings. The summed E-state index contributed by atoms with van der Waals surface area (Å²) in [6, 6.07) is 8.48. The monoisotopic (exact) mass is 265 g/mol. The highest BCUT2D eigenvalue weighted by molar-refractivity contribution is 7.99. The van der Waals surface area contributed by atoms with Crippen LogP contribution in [0.5, 0.6) is 0 Å². The van der Waals surface area contributed by atoms with E-state index < -0.39 is 0 Å². The van der Waals surface area contributed by atoms with E-state index in [1.54, 1.807) is 0 Å². The van der Waals surface area contributed by atoms with Gasteiger partial charge >= 0.3 is 0 Å². The summed E-state index contributed by atoms with van der Waals surface area (Å²) in [7, 11) is 0. The number of nitriles is 1. The topological polar surface area (TPSA) is 23.8 Å². The van der Waals surface area contributed by atoms with Crippen molar-refractivity contribution in [2.45, 2.75) is 26.2 Å². The Bertz CT molecular complexity index is 394. The third-order valence-electron chi connectivity index (χ3n) is 2.67. The lowest BCUT2D eigenvalue weighted by Crippen LogP contribution is -1.97. The summed E-state index contributed by atoms with van der Waals surface area (Å²) in [6.45, 7) is 4.36. The van der Waals surface area contributed by atoms with Gasteiger partial charge in [0.15, 0.2) is 0 Å². The van der Waals surface area contributed by atoms with Gasteiger partial charge in [-0.2, -0.15) is 29.7 Å². The van der Waals surface area contributed by atoms with Crippen molar-refractivity contribution in [3.8, 4) is 6.07 Å². The normalized spacial score (nSPS) is 10.5. The molecule has 0 unspecified atom stereocenters. The molecule has 1 aromatic carbocycles. The molecule has 0 amide bonds. The zero-order chi connectivity index (χ0) is 12.7. The van der Waals surface area contributed by atoms with Crippen LogP contribution in [0.25, 0.3) is 0 Å². The summed E-state index contributed by atoms with van der Waals surface area (Å²) in [6.07, 6.45) is 0.974. The average molecular weight is 265 g/mol. The number of hydrogen-bond acceptors (Lipinski definition) is 3. The summed E-state index contributed by atoms with van der Waals surface area (Å²) in [5, 5.41) is 9.08. The molecule has 92 valence electrons. The number of thiol groups is 1. The zero-order valence-electron chi connectivity index (χ0n) is 10.4. The van der Waals surface area contributed by atoms with E-state index in [9.17, 15) is 0 Å². The molecule has 0 bridgehead atoms. The number of thioether (sulfide) groups is 1. The highest BCUT2D eigenvalue weighted by Gasteiger charge is 2.06. The second-order valence-corrected chi connectivity index (χ2v) is 5.94. The number of rotatable bonds is 6. The minimum atomic E-state index is 0.520. The Labute approximate surface area is 114 Å². The Balaban J connectivity index is 2.73. The van der Waals surface area contributed by atoms with Crippen molar-refractivity contribution in [2.24, 2.45) is 0 Å². The SMILES string of the molecule is CC(C)c1ccc(C#N)c(CCSCCS)c1. The van der Waals surface area contributed by atoms with Crippen LogP contribution >= 0.6 is 24.4 Å². The maximum atomic E-state index is 9.08. The number of aryl methyl sites for hydroxylation is 1. The standard InChI is InChI=1S/C14H19NS2/c1-11(2)12-3-4-14(10-15)13(9-12)5-7-17-8-6-16/h3-4,9,11,16H,5-8H2,1-2H3. The van der Waals surface area contributed by atoms with Crippen LogP contribution in [0.4, 0.5) is 0 Å². The molecular formula is C14H19NS2. The minimum Gasteiger partial charge on any atom is -0.192 e. The molecule has 0 radical (unpaired) electrons. The highest BCUT2D eigenvalue weighted by Crippen LogP contribution is 2.20. The Morgan fingerprint density at radius 1 is 1.35 bits per heavy atom. The molecule has 1 rings (SSSR count). The number of nitrogens with zero attached hydrogens (tertiary/aromatic N) is 1. The van der Waals surface area contributed by atoms with Crippen LogP contribution in [0, 0.1) is 11.3 Å². The predicted octanol–water partition coefficient (Wildman–Crippen LogP) is 3.89. The molecule has 1 nitrogen and oxygen atoms in total. The van der Waals surface area contributed by atoms with Gasteiger partial charge in [0.1, 0.15) is 0 Å². The van der Waals surface area contributed by atoms with Crippen molar-refractivity contribution >= 4 is 24.4 Å². The summed E-state index contributed by atoms with van der Waals surface area (Å²) in [4.78, 5) is 0. The lowest BCUT2D eigenvalue weighted by molar-refractivity contribution is 0.862. The Morgan fingerprint density at radius 2 is 2.12 bits per heavy atom. The molecule has 0 atom stereocenters. The van der Waals surface area contributed by atoms with Crippen molar-refractivity contribution in [3.63, 3.8) is 0 Å². The molecule has 0 heterocycles. The van der Waals surface area contributed by atoms with Crippen LogP contribution in [0.2, 0.25) is 0 Å². The first-order valence-corrected chi connectivity index (χ1v) is 7.69. The van der Waals surface area contributed by atoms with Crippen molar-refractivity contribution in [1.82, 2.24) is 0 Å². The van der Waals surface area contributed by atoms with Gasteiger partial charge in [0.05, 0.1) is 11.6 Å². The van der Waals surface area contributed by atoms with E-state index in [1.807, 2.05) is 17.8 Å². The van der Waals surface area contributed by atoms with Crippen LogP contribution in [0.3, 0.4) is 0 Å². The summed E-state index contributed by atoms with van der Waals surface area (Å²) < 4.78 is 0. The van der Waals surface area contributed by atoms with Gasteiger partial charge in [-0.25, -0.2) is 0 Å². The van der Waals surface area contributed by atoms with E-state index in [0.717, 1.165) is 29.2 Å². The second-order valence-electron chi connectivity index (χ2n) is 4.27. The van der Waals surface area contributed by atoms with Gasteiger partial charge in [0.25, 0.3) is 0 Å². The molecule has 0 spiro atoms. The quantitative estimate of drug-likeness (QED) is 0.623. The Kier molecular flexibility index (Phi) is 6.54. The lowest BCUT2D eigenvalue weighted by Gasteiger charge is -2.10. The fourth-order valence-corrected chi connectivity index (χ4v) is 2.72. The maximum absolute atomic E-state index is 9.08. The van der Waals surface area contributed by atoms with Crippen molar-refractivity contribution in [2.75, 3.05) is 17.3 Å².